The monoisotopic (exact) mass is 211 g/mol. The number of carboxylic acids is 1. The lowest BCUT2D eigenvalue weighted by molar-refractivity contribution is -0.137. The number of aromatic nitrogens is 2. The molecule has 6 nitrogen and oxygen atoms in total. The largest absolute Gasteiger partial charge is 0.480 e. The summed E-state index contributed by atoms with van der Waals surface area (Å²) in [6, 6.07) is -0.661. The first-order chi connectivity index (χ1) is 7.17. The molecule has 2 N–H and O–H groups in total. The van der Waals surface area contributed by atoms with E-state index in [0.717, 1.165) is 0 Å². The second-order valence-corrected chi connectivity index (χ2v) is 2.89. The molecule has 0 amide bonds. The van der Waals surface area contributed by atoms with Gasteiger partial charge in [-0.05, 0) is 6.42 Å². The van der Waals surface area contributed by atoms with Crippen molar-refractivity contribution >= 4 is 11.8 Å². The second kappa shape index (κ2) is 5.14. The fourth-order valence-electron chi connectivity index (χ4n) is 1.03. The minimum atomic E-state index is -0.915. The number of hydrogen-bond acceptors (Lipinski definition) is 5. The van der Waals surface area contributed by atoms with Crippen LogP contribution in [0.1, 0.15) is 13.3 Å². The van der Waals surface area contributed by atoms with E-state index in [1.807, 2.05) is 0 Å². The molecule has 15 heavy (non-hydrogen) atoms. The van der Waals surface area contributed by atoms with Crippen LogP contribution in [0.15, 0.2) is 12.4 Å². The first kappa shape index (κ1) is 11.2. The zero-order valence-corrected chi connectivity index (χ0v) is 8.60. The first-order valence-electron chi connectivity index (χ1n) is 4.52. The Morgan fingerprint density at radius 1 is 1.67 bits per heavy atom. The topological polar surface area (TPSA) is 84.3 Å². The summed E-state index contributed by atoms with van der Waals surface area (Å²) in [5.41, 5.74) is 0. The summed E-state index contributed by atoms with van der Waals surface area (Å²) in [6.07, 6.45) is 3.37. The van der Waals surface area contributed by atoms with E-state index < -0.39 is 12.0 Å². The summed E-state index contributed by atoms with van der Waals surface area (Å²) in [4.78, 5) is 18.6. The van der Waals surface area contributed by atoms with Crippen molar-refractivity contribution in [2.24, 2.45) is 0 Å². The third-order valence-corrected chi connectivity index (χ3v) is 1.85. The van der Waals surface area contributed by atoms with Crippen LogP contribution in [0.4, 0.5) is 5.82 Å². The van der Waals surface area contributed by atoms with E-state index in [0.29, 0.717) is 18.1 Å². The van der Waals surface area contributed by atoms with Gasteiger partial charge in [0.1, 0.15) is 11.9 Å². The lowest BCUT2D eigenvalue weighted by atomic mass is 10.2. The number of aliphatic carboxylic acids is 1. The van der Waals surface area contributed by atoms with Gasteiger partial charge in [-0.1, -0.05) is 6.92 Å². The number of anilines is 1. The molecule has 0 aliphatic carbocycles. The van der Waals surface area contributed by atoms with Gasteiger partial charge in [-0.2, -0.15) is 4.98 Å². The van der Waals surface area contributed by atoms with Gasteiger partial charge in [-0.15, -0.1) is 0 Å². The molecule has 1 unspecified atom stereocenters. The Hall–Kier alpha value is -1.85. The molecule has 0 saturated carbocycles. The van der Waals surface area contributed by atoms with Gasteiger partial charge in [-0.25, -0.2) is 4.79 Å². The van der Waals surface area contributed by atoms with Gasteiger partial charge in [0.05, 0.1) is 19.5 Å². The molecule has 1 atom stereocenters. The van der Waals surface area contributed by atoms with Crippen molar-refractivity contribution in [3.8, 4) is 5.88 Å². The van der Waals surface area contributed by atoms with Crippen molar-refractivity contribution < 1.29 is 14.6 Å². The number of nitrogens with one attached hydrogen (secondary N) is 1. The molecule has 0 aliphatic rings. The smallest absolute Gasteiger partial charge is 0.326 e. The van der Waals surface area contributed by atoms with Crippen molar-refractivity contribution in [3.05, 3.63) is 12.4 Å². The van der Waals surface area contributed by atoms with Gasteiger partial charge in [0.25, 0.3) is 0 Å². The van der Waals surface area contributed by atoms with Crippen LogP contribution in [-0.2, 0) is 4.79 Å². The van der Waals surface area contributed by atoms with E-state index in [-0.39, 0.29) is 0 Å². The van der Waals surface area contributed by atoms with Crippen LogP contribution in [0.5, 0.6) is 5.88 Å². The predicted molar refractivity (Wildman–Crippen MR) is 53.9 cm³/mol. The SMILES string of the molecule is CCC(Nc1cncc(OC)n1)C(=O)O. The Balaban J connectivity index is 2.74. The maximum absolute atomic E-state index is 10.7. The molecule has 0 bridgehead atoms. The summed E-state index contributed by atoms with van der Waals surface area (Å²) in [6.45, 7) is 1.78. The number of carboxylic acid groups (broad SMARTS) is 1. The molecule has 1 aromatic heterocycles. The molecule has 0 fully saturated rings. The third kappa shape index (κ3) is 3.08. The highest BCUT2D eigenvalue weighted by Crippen LogP contribution is 2.10. The molecule has 0 aromatic carbocycles. The van der Waals surface area contributed by atoms with Crippen molar-refractivity contribution in [2.75, 3.05) is 12.4 Å². The summed E-state index contributed by atoms with van der Waals surface area (Å²) >= 11 is 0. The highest BCUT2D eigenvalue weighted by atomic mass is 16.5. The number of rotatable bonds is 5. The average Bonchev–Trinajstić information content (AvgIpc) is 2.25. The van der Waals surface area contributed by atoms with Gasteiger partial charge in [0.2, 0.25) is 5.88 Å². The predicted octanol–water partition coefficient (Wildman–Crippen LogP) is 0.760. The Morgan fingerprint density at radius 3 is 2.93 bits per heavy atom. The lowest BCUT2D eigenvalue weighted by Crippen LogP contribution is -2.28. The second-order valence-electron chi connectivity index (χ2n) is 2.89. The van der Waals surface area contributed by atoms with Crippen molar-refractivity contribution in [1.29, 1.82) is 0 Å². The molecule has 1 heterocycles. The summed E-state index contributed by atoms with van der Waals surface area (Å²) in [5, 5.41) is 11.6. The van der Waals surface area contributed by atoms with E-state index in [4.69, 9.17) is 9.84 Å². The zero-order valence-electron chi connectivity index (χ0n) is 8.60. The summed E-state index contributed by atoms with van der Waals surface area (Å²) in [5.74, 6) is -0.175. The van der Waals surface area contributed by atoms with E-state index in [9.17, 15) is 4.79 Å². The minimum absolute atomic E-state index is 0.347. The molecular formula is C9H13N3O3. The number of ether oxygens (including phenoxy) is 1. The van der Waals surface area contributed by atoms with Gasteiger partial charge in [0.15, 0.2) is 0 Å². The van der Waals surface area contributed by atoms with Crippen LogP contribution in [0, 0.1) is 0 Å². The maximum Gasteiger partial charge on any atom is 0.326 e. The average molecular weight is 211 g/mol. The number of hydrogen-bond donors (Lipinski definition) is 2. The molecular weight excluding hydrogens is 198 g/mol. The first-order valence-corrected chi connectivity index (χ1v) is 4.52. The van der Waals surface area contributed by atoms with Gasteiger partial charge in [-0.3, -0.25) is 4.98 Å². The van der Waals surface area contributed by atoms with Gasteiger partial charge >= 0.3 is 5.97 Å². The van der Waals surface area contributed by atoms with Gasteiger partial charge < -0.3 is 15.2 Å². The molecule has 6 heteroatoms. The lowest BCUT2D eigenvalue weighted by Gasteiger charge is -2.12. The van der Waals surface area contributed by atoms with Crippen molar-refractivity contribution in [2.45, 2.75) is 19.4 Å². The van der Waals surface area contributed by atoms with Crippen LogP contribution in [0.25, 0.3) is 0 Å². The standard InChI is InChI=1S/C9H13N3O3/c1-3-6(9(13)14)11-7-4-10-5-8(12-7)15-2/h4-6H,3H2,1-2H3,(H,11,12)(H,13,14). The summed E-state index contributed by atoms with van der Waals surface area (Å²) in [7, 11) is 1.47. The Kier molecular flexibility index (Phi) is 3.84. The van der Waals surface area contributed by atoms with Crippen LogP contribution in [0.3, 0.4) is 0 Å². The molecule has 1 rings (SSSR count). The quantitative estimate of drug-likeness (QED) is 0.748. The number of methoxy groups -OCH3 is 1. The van der Waals surface area contributed by atoms with Crippen LogP contribution >= 0.6 is 0 Å². The normalized spacial score (nSPS) is 11.9. The van der Waals surface area contributed by atoms with E-state index in [1.54, 1.807) is 6.92 Å². The van der Waals surface area contributed by atoms with Gasteiger partial charge in [0, 0.05) is 0 Å². The Labute approximate surface area is 87.3 Å². The Bertz CT molecular complexity index is 343. The van der Waals surface area contributed by atoms with Crippen molar-refractivity contribution in [1.82, 2.24) is 9.97 Å². The van der Waals surface area contributed by atoms with E-state index in [1.165, 1.54) is 19.5 Å². The van der Waals surface area contributed by atoms with Crippen LogP contribution in [0.2, 0.25) is 0 Å². The molecule has 0 saturated heterocycles. The summed E-state index contributed by atoms with van der Waals surface area (Å²) < 4.78 is 4.87. The van der Waals surface area contributed by atoms with Crippen LogP contribution < -0.4 is 10.1 Å². The molecule has 0 aliphatic heterocycles. The third-order valence-electron chi connectivity index (χ3n) is 1.85. The fourth-order valence-corrected chi connectivity index (χ4v) is 1.03. The minimum Gasteiger partial charge on any atom is -0.480 e. The molecule has 82 valence electrons. The Morgan fingerprint density at radius 2 is 2.40 bits per heavy atom. The fraction of sp³-hybridized carbons (Fsp3) is 0.444. The molecule has 1 aromatic rings. The maximum atomic E-state index is 10.7. The highest BCUT2D eigenvalue weighted by molar-refractivity contribution is 5.76. The number of nitrogens with zero attached hydrogens (tertiary/aromatic N) is 2. The molecule has 0 spiro atoms. The van der Waals surface area contributed by atoms with Crippen molar-refractivity contribution in [3.63, 3.8) is 0 Å². The molecule has 0 radical (unpaired) electrons. The number of carbonyl (C=O) groups is 1. The highest BCUT2D eigenvalue weighted by Gasteiger charge is 2.15. The van der Waals surface area contributed by atoms with Crippen LogP contribution in [-0.4, -0.2) is 34.2 Å². The zero-order chi connectivity index (χ0) is 11.3. The van der Waals surface area contributed by atoms with E-state index >= 15 is 0 Å². The van der Waals surface area contributed by atoms with E-state index in [2.05, 4.69) is 15.3 Å².